The van der Waals surface area contributed by atoms with Crippen molar-refractivity contribution in [1.29, 1.82) is 0 Å². The van der Waals surface area contributed by atoms with Crippen LogP contribution >= 0.6 is 0 Å². The van der Waals surface area contributed by atoms with Gasteiger partial charge in [0, 0.05) is 6.42 Å². The lowest BCUT2D eigenvalue weighted by Crippen LogP contribution is -2.13. The molecule has 40 heavy (non-hydrogen) atoms. The highest BCUT2D eigenvalue weighted by Crippen LogP contribution is 2.29. The molecule has 218 valence electrons. The van der Waals surface area contributed by atoms with E-state index in [0.717, 1.165) is 61.6 Å². The second kappa shape index (κ2) is 27.2. The van der Waals surface area contributed by atoms with Crippen molar-refractivity contribution in [1.82, 2.24) is 0 Å². The predicted molar refractivity (Wildman–Crippen MR) is 177 cm³/mol. The van der Waals surface area contributed by atoms with Gasteiger partial charge in [-0.25, -0.2) is 0 Å². The molecule has 2 aromatic carbocycles. The molecule has 2 nitrogen and oxygen atoms in total. The average molecular weight is 543 g/mol. The van der Waals surface area contributed by atoms with Gasteiger partial charge in [0.05, 0.1) is 0 Å². The van der Waals surface area contributed by atoms with Crippen molar-refractivity contribution in [3.63, 3.8) is 0 Å². The number of ether oxygens (including phenoxy) is 1. The Bertz CT molecular complexity index is 1010. The van der Waals surface area contributed by atoms with Crippen LogP contribution in [0.3, 0.4) is 0 Å². The van der Waals surface area contributed by atoms with E-state index in [1.807, 2.05) is 76.2 Å². The van der Waals surface area contributed by atoms with Crippen LogP contribution in [0.4, 0.5) is 0 Å². The molecule has 0 spiro atoms. The Labute approximate surface area is 246 Å². The summed E-state index contributed by atoms with van der Waals surface area (Å²) in [6.45, 7) is 12.2. The molecule has 0 aliphatic rings. The van der Waals surface area contributed by atoms with Crippen molar-refractivity contribution < 1.29 is 9.53 Å². The van der Waals surface area contributed by atoms with E-state index in [-0.39, 0.29) is 12.1 Å². The smallest absolute Gasteiger partial charge is 0.306 e. The Kier molecular flexibility index (Phi) is 24.9. The topological polar surface area (TPSA) is 26.3 Å². The Morgan fingerprint density at radius 3 is 1.68 bits per heavy atom. The first-order chi connectivity index (χ1) is 19.7. The number of hydrogen-bond donors (Lipinski definition) is 0. The molecule has 0 N–H and O–H groups in total. The van der Waals surface area contributed by atoms with Gasteiger partial charge in [-0.2, -0.15) is 0 Å². The number of carbonyl (C=O) groups is 1. The first-order valence-corrected chi connectivity index (χ1v) is 15.3. The first kappa shape index (κ1) is 36.6. The number of allylic oxidation sites excluding steroid dienone is 10. The summed E-state index contributed by atoms with van der Waals surface area (Å²) in [4.78, 5) is 12.6. The quantitative estimate of drug-likeness (QED) is 0.120. The van der Waals surface area contributed by atoms with E-state index >= 15 is 0 Å². The Morgan fingerprint density at radius 2 is 1.15 bits per heavy atom. The van der Waals surface area contributed by atoms with Gasteiger partial charge < -0.3 is 4.74 Å². The highest BCUT2D eigenvalue weighted by atomic mass is 16.5. The molecule has 0 heterocycles. The SMILES string of the molecule is CC.CC.CC/C=C\C/C=C\C/C=C\C/C=C\C/C=C\CCCC(=O)OC(c1ccccc1)c1ccccc1C. The van der Waals surface area contributed by atoms with Crippen LogP contribution in [0.1, 0.15) is 109 Å². The van der Waals surface area contributed by atoms with Crippen LogP contribution in [-0.2, 0) is 9.53 Å². The van der Waals surface area contributed by atoms with Gasteiger partial charge in [-0.15, -0.1) is 0 Å². The third-order valence-corrected chi connectivity index (χ3v) is 5.73. The summed E-state index contributed by atoms with van der Waals surface area (Å²) >= 11 is 0. The number of benzene rings is 2. The summed E-state index contributed by atoms with van der Waals surface area (Å²) in [5.74, 6) is -0.153. The average Bonchev–Trinajstić information content (AvgIpc) is 3.00. The summed E-state index contributed by atoms with van der Waals surface area (Å²) in [6, 6.07) is 18.1. The molecule has 0 saturated heterocycles. The van der Waals surface area contributed by atoms with Gasteiger partial charge in [0.1, 0.15) is 0 Å². The maximum atomic E-state index is 12.6. The van der Waals surface area contributed by atoms with Crippen molar-refractivity contribution in [2.75, 3.05) is 0 Å². The zero-order chi connectivity index (χ0) is 29.7. The normalized spacial score (nSPS) is 12.1. The van der Waals surface area contributed by atoms with Gasteiger partial charge in [0.2, 0.25) is 0 Å². The van der Waals surface area contributed by atoms with Gasteiger partial charge >= 0.3 is 5.97 Å². The monoisotopic (exact) mass is 542 g/mol. The number of esters is 1. The maximum Gasteiger partial charge on any atom is 0.306 e. The number of unbranched alkanes of at least 4 members (excludes halogenated alkanes) is 1. The van der Waals surface area contributed by atoms with Gasteiger partial charge in [0.15, 0.2) is 6.10 Å². The van der Waals surface area contributed by atoms with Crippen LogP contribution in [0.25, 0.3) is 0 Å². The molecule has 0 bridgehead atoms. The van der Waals surface area contributed by atoms with Crippen LogP contribution in [-0.4, -0.2) is 5.97 Å². The largest absolute Gasteiger partial charge is 0.453 e. The second-order valence-electron chi connectivity index (χ2n) is 8.74. The van der Waals surface area contributed by atoms with Crippen LogP contribution < -0.4 is 0 Å². The van der Waals surface area contributed by atoms with Crippen molar-refractivity contribution in [2.45, 2.75) is 99.0 Å². The van der Waals surface area contributed by atoms with Crippen LogP contribution in [0.5, 0.6) is 0 Å². The van der Waals surface area contributed by atoms with Gasteiger partial charge in [-0.05, 0) is 68.6 Å². The molecule has 0 aromatic heterocycles. The summed E-state index contributed by atoms with van der Waals surface area (Å²) in [6.07, 6.45) is 28.7. The number of hydrogen-bond acceptors (Lipinski definition) is 2. The molecule has 0 amide bonds. The van der Waals surface area contributed by atoms with Crippen LogP contribution in [0.15, 0.2) is 115 Å². The minimum Gasteiger partial charge on any atom is -0.453 e. The zero-order valence-corrected chi connectivity index (χ0v) is 26.0. The van der Waals surface area contributed by atoms with E-state index in [0.29, 0.717) is 6.42 Å². The summed E-state index contributed by atoms with van der Waals surface area (Å²) in [5.41, 5.74) is 3.16. The van der Waals surface area contributed by atoms with E-state index in [1.54, 1.807) is 0 Å². The van der Waals surface area contributed by atoms with Gasteiger partial charge in [-0.1, -0.05) is 150 Å². The fraction of sp³-hybridized carbons (Fsp3) is 0.395. The van der Waals surface area contributed by atoms with Crippen molar-refractivity contribution in [3.05, 3.63) is 132 Å². The van der Waals surface area contributed by atoms with Crippen LogP contribution in [0, 0.1) is 6.92 Å². The fourth-order valence-electron chi connectivity index (χ4n) is 3.74. The molecular weight excluding hydrogens is 488 g/mol. The number of carbonyl (C=O) groups excluding carboxylic acids is 1. The Morgan fingerprint density at radius 1 is 0.675 bits per heavy atom. The standard InChI is InChI=1S/C34H42O2.2C2H6/c1-3-4-5-6-7-8-9-10-11-12-13-14-15-16-17-18-22-29-33(35)36-34(31-26-20-19-21-27-31)32-28-24-23-25-30(32)2;2*1-2/h4-5,7-8,10-11,13-14,16-17,19-21,23-28,34H,3,6,9,12,15,18,22,29H2,1-2H3;2*1-2H3/b5-4-,8-7-,11-10-,14-13-,17-16-;;. The summed E-state index contributed by atoms with van der Waals surface area (Å²) in [5, 5.41) is 0. The van der Waals surface area contributed by atoms with E-state index in [9.17, 15) is 4.79 Å². The molecule has 0 aliphatic carbocycles. The molecule has 0 aliphatic heterocycles. The molecular formula is C38H54O2. The van der Waals surface area contributed by atoms with Gasteiger partial charge in [-0.3, -0.25) is 4.79 Å². The highest BCUT2D eigenvalue weighted by molar-refractivity contribution is 5.70. The summed E-state index contributed by atoms with van der Waals surface area (Å²) in [7, 11) is 0. The van der Waals surface area contributed by atoms with Crippen molar-refractivity contribution in [2.24, 2.45) is 0 Å². The summed E-state index contributed by atoms with van der Waals surface area (Å²) < 4.78 is 5.94. The molecule has 2 aromatic rings. The lowest BCUT2D eigenvalue weighted by molar-refractivity contribution is -0.147. The van der Waals surface area contributed by atoms with E-state index in [1.165, 1.54) is 0 Å². The highest BCUT2D eigenvalue weighted by Gasteiger charge is 2.20. The first-order valence-electron chi connectivity index (χ1n) is 15.3. The third-order valence-electron chi connectivity index (χ3n) is 5.73. The Hall–Kier alpha value is -3.39. The molecule has 0 radical (unpaired) electrons. The van der Waals surface area contributed by atoms with Crippen molar-refractivity contribution >= 4 is 5.97 Å². The maximum absolute atomic E-state index is 12.6. The third kappa shape index (κ3) is 18.0. The molecule has 1 atom stereocenters. The van der Waals surface area contributed by atoms with E-state index < -0.39 is 0 Å². The Balaban J connectivity index is 0.00000363. The molecule has 2 rings (SSSR count). The van der Waals surface area contributed by atoms with Crippen molar-refractivity contribution in [3.8, 4) is 0 Å². The predicted octanol–water partition coefficient (Wildman–Crippen LogP) is 11.6. The number of aryl methyl sites for hydroxylation is 1. The fourth-order valence-corrected chi connectivity index (χ4v) is 3.74. The second-order valence-corrected chi connectivity index (χ2v) is 8.74. The minimum atomic E-state index is -0.367. The van der Waals surface area contributed by atoms with E-state index in [2.05, 4.69) is 80.7 Å². The van der Waals surface area contributed by atoms with Crippen LogP contribution in [0.2, 0.25) is 0 Å². The zero-order valence-electron chi connectivity index (χ0n) is 26.0. The molecule has 2 heteroatoms. The molecule has 0 saturated carbocycles. The molecule has 1 unspecified atom stereocenters. The lowest BCUT2D eigenvalue weighted by atomic mass is 9.97. The number of rotatable bonds is 16. The lowest BCUT2D eigenvalue weighted by Gasteiger charge is -2.20. The minimum absolute atomic E-state index is 0.153. The molecule has 0 fully saturated rings. The van der Waals surface area contributed by atoms with Gasteiger partial charge in [0.25, 0.3) is 0 Å². The van der Waals surface area contributed by atoms with E-state index in [4.69, 9.17) is 4.74 Å².